The highest BCUT2D eigenvalue weighted by atomic mass is 35.5. The third-order valence-corrected chi connectivity index (χ3v) is 6.85. The van der Waals surface area contributed by atoms with Crippen LogP contribution in [0.4, 0.5) is 5.69 Å². The summed E-state index contributed by atoms with van der Waals surface area (Å²) in [7, 11) is 0. The van der Waals surface area contributed by atoms with Gasteiger partial charge in [-0.25, -0.2) is 0 Å². The van der Waals surface area contributed by atoms with E-state index in [0.29, 0.717) is 11.8 Å². The minimum Gasteiger partial charge on any atom is -0.377 e. The van der Waals surface area contributed by atoms with Gasteiger partial charge in [0.15, 0.2) is 0 Å². The Balaban J connectivity index is 1.57. The van der Waals surface area contributed by atoms with Gasteiger partial charge in [0.1, 0.15) is 0 Å². The fourth-order valence-electron chi connectivity index (χ4n) is 5.10. The minimum absolute atomic E-state index is 0.108. The molecule has 0 saturated carbocycles. The SMILES string of the molecule is O=C(c1cccc2c1NC(c1ccccc1Cl)C1CC=CC21)N1CCCCC1. The van der Waals surface area contributed by atoms with Gasteiger partial charge < -0.3 is 10.2 Å². The molecule has 0 radical (unpaired) electrons. The Labute approximate surface area is 171 Å². The normalized spacial score (nSPS) is 25.8. The maximum atomic E-state index is 13.3. The highest BCUT2D eigenvalue weighted by molar-refractivity contribution is 6.31. The second-order valence-corrected chi connectivity index (χ2v) is 8.53. The number of benzene rings is 2. The number of anilines is 1. The molecule has 3 nitrogen and oxygen atoms in total. The second-order valence-electron chi connectivity index (χ2n) is 8.12. The largest absolute Gasteiger partial charge is 0.377 e. The summed E-state index contributed by atoms with van der Waals surface area (Å²) in [6.45, 7) is 1.73. The summed E-state index contributed by atoms with van der Waals surface area (Å²) in [4.78, 5) is 15.3. The molecule has 4 heteroatoms. The molecule has 1 aliphatic carbocycles. The van der Waals surface area contributed by atoms with E-state index < -0.39 is 0 Å². The third kappa shape index (κ3) is 2.93. The number of halogens is 1. The van der Waals surface area contributed by atoms with Crippen LogP contribution in [0.25, 0.3) is 0 Å². The maximum Gasteiger partial charge on any atom is 0.255 e. The van der Waals surface area contributed by atoms with Gasteiger partial charge >= 0.3 is 0 Å². The van der Waals surface area contributed by atoms with Gasteiger partial charge in [0.2, 0.25) is 0 Å². The number of carbonyl (C=O) groups is 1. The van der Waals surface area contributed by atoms with E-state index in [1.165, 1.54) is 12.0 Å². The van der Waals surface area contributed by atoms with Gasteiger partial charge in [0.25, 0.3) is 5.91 Å². The first-order chi connectivity index (χ1) is 13.7. The zero-order valence-corrected chi connectivity index (χ0v) is 16.7. The fourth-order valence-corrected chi connectivity index (χ4v) is 5.36. The highest BCUT2D eigenvalue weighted by Crippen LogP contribution is 2.51. The monoisotopic (exact) mass is 392 g/mol. The van der Waals surface area contributed by atoms with Crippen LogP contribution in [0.15, 0.2) is 54.6 Å². The molecule has 144 valence electrons. The van der Waals surface area contributed by atoms with Crippen LogP contribution in [-0.2, 0) is 0 Å². The molecule has 28 heavy (non-hydrogen) atoms. The molecule has 1 amide bonds. The maximum absolute atomic E-state index is 13.3. The van der Waals surface area contributed by atoms with E-state index >= 15 is 0 Å². The molecular formula is C24H25ClN2O. The molecule has 3 atom stereocenters. The molecule has 0 bridgehead atoms. The molecule has 1 fully saturated rings. The Morgan fingerprint density at radius 1 is 1.00 bits per heavy atom. The van der Waals surface area contributed by atoms with Crippen LogP contribution < -0.4 is 5.32 Å². The van der Waals surface area contributed by atoms with Crippen LogP contribution >= 0.6 is 11.6 Å². The Bertz CT molecular complexity index is 932. The van der Waals surface area contributed by atoms with Crippen molar-refractivity contribution in [2.75, 3.05) is 18.4 Å². The van der Waals surface area contributed by atoms with Crippen LogP contribution in [-0.4, -0.2) is 23.9 Å². The fraction of sp³-hybridized carbons (Fsp3) is 0.375. The van der Waals surface area contributed by atoms with Crippen molar-refractivity contribution in [3.05, 3.63) is 76.3 Å². The van der Waals surface area contributed by atoms with Gasteiger partial charge in [0, 0.05) is 24.0 Å². The van der Waals surface area contributed by atoms with Gasteiger partial charge in [-0.1, -0.05) is 54.1 Å². The van der Waals surface area contributed by atoms with Gasteiger partial charge in [-0.05, 0) is 54.9 Å². The van der Waals surface area contributed by atoms with E-state index in [0.717, 1.165) is 54.2 Å². The van der Waals surface area contributed by atoms with Gasteiger partial charge in [-0.15, -0.1) is 0 Å². The summed E-state index contributed by atoms with van der Waals surface area (Å²) in [5.74, 6) is 0.904. The number of nitrogens with one attached hydrogen (secondary N) is 1. The smallest absolute Gasteiger partial charge is 0.255 e. The van der Waals surface area contributed by atoms with E-state index in [1.54, 1.807) is 0 Å². The lowest BCUT2D eigenvalue weighted by atomic mass is 9.76. The molecule has 2 aromatic carbocycles. The van der Waals surface area contributed by atoms with E-state index in [9.17, 15) is 4.79 Å². The molecule has 2 aliphatic heterocycles. The summed E-state index contributed by atoms with van der Waals surface area (Å²) in [5.41, 5.74) is 4.16. The van der Waals surface area contributed by atoms with Crippen LogP contribution in [0.2, 0.25) is 5.02 Å². The number of allylic oxidation sites excluding steroid dienone is 2. The minimum atomic E-state index is 0.108. The van der Waals surface area contributed by atoms with Crippen molar-refractivity contribution in [2.24, 2.45) is 5.92 Å². The van der Waals surface area contributed by atoms with E-state index in [1.807, 2.05) is 35.2 Å². The zero-order valence-electron chi connectivity index (χ0n) is 15.9. The number of nitrogens with zero attached hydrogens (tertiary/aromatic N) is 1. The molecular weight excluding hydrogens is 368 g/mol. The average Bonchev–Trinajstić information content (AvgIpc) is 3.24. The number of piperidine rings is 1. The van der Waals surface area contributed by atoms with Crippen LogP contribution in [0.3, 0.4) is 0 Å². The summed E-state index contributed by atoms with van der Waals surface area (Å²) < 4.78 is 0. The third-order valence-electron chi connectivity index (χ3n) is 6.51. The summed E-state index contributed by atoms with van der Waals surface area (Å²) in [6, 6.07) is 14.4. The molecule has 1 N–H and O–H groups in total. The molecule has 0 aromatic heterocycles. The Kier molecular flexibility index (Phi) is 4.64. The molecule has 1 saturated heterocycles. The first kappa shape index (κ1) is 17.8. The van der Waals surface area contributed by atoms with Crippen molar-refractivity contribution in [3.8, 4) is 0 Å². The molecule has 2 aromatic rings. The van der Waals surface area contributed by atoms with Crippen LogP contribution in [0.1, 0.15) is 59.1 Å². The first-order valence-electron chi connectivity index (χ1n) is 10.3. The highest BCUT2D eigenvalue weighted by Gasteiger charge is 2.40. The van der Waals surface area contributed by atoms with Crippen molar-refractivity contribution >= 4 is 23.2 Å². The molecule has 5 rings (SSSR count). The molecule has 3 aliphatic rings. The predicted octanol–water partition coefficient (Wildman–Crippen LogP) is 5.79. The van der Waals surface area contributed by atoms with Crippen molar-refractivity contribution in [1.29, 1.82) is 0 Å². The Hall–Kier alpha value is -2.26. The topological polar surface area (TPSA) is 32.3 Å². The van der Waals surface area contributed by atoms with E-state index in [2.05, 4.69) is 29.6 Å². The van der Waals surface area contributed by atoms with Crippen molar-refractivity contribution < 1.29 is 4.79 Å². The van der Waals surface area contributed by atoms with Crippen LogP contribution in [0, 0.1) is 5.92 Å². The van der Waals surface area contributed by atoms with Crippen LogP contribution in [0.5, 0.6) is 0 Å². The second kappa shape index (κ2) is 7.29. The van der Waals surface area contributed by atoms with E-state index in [-0.39, 0.29) is 11.9 Å². The van der Waals surface area contributed by atoms with Crippen molar-refractivity contribution in [3.63, 3.8) is 0 Å². The standard InChI is InChI=1S/C24H25ClN2O/c25-21-13-3-2-8-19(21)22-17-10-6-9-16(17)18-11-7-12-20(23(18)26-22)24(28)27-14-4-1-5-15-27/h2-3,6-9,11-13,16-17,22,26H,1,4-5,10,14-15H2. The van der Waals surface area contributed by atoms with Crippen molar-refractivity contribution in [2.45, 2.75) is 37.6 Å². The zero-order chi connectivity index (χ0) is 19.1. The number of hydrogen-bond donors (Lipinski definition) is 1. The number of hydrogen-bond acceptors (Lipinski definition) is 2. The lowest BCUT2D eigenvalue weighted by molar-refractivity contribution is 0.0725. The number of rotatable bonds is 2. The van der Waals surface area contributed by atoms with E-state index in [4.69, 9.17) is 11.6 Å². The molecule has 0 spiro atoms. The molecule has 3 unspecified atom stereocenters. The molecule has 2 heterocycles. The number of fused-ring (bicyclic) bond motifs is 3. The predicted molar refractivity (Wildman–Crippen MR) is 114 cm³/mol. The lowest BCUT2D eigenvalue weighted by Crippen LogP contribution is -2.37. The van der Waals surface area contributed by atoms with Crippen molar-refractivity contribution in [1.82, 2.24) is 4.90 Å². The summed E-state index contributed by atoms with van der Waals surface area (Å²) in [6.07, 6.45) is 9.03. The summed E-state index contributed by atoms with van der Waals surface area (Å²) in [5, 5.41) is 4.53. The number of amides is 1. The first-order valence-corrected chi connectivity index (χ1v) is 10.7. The Morgan fingerprint density at radius 3 is 2.61 bits per heavy atom. The van der Waals surface area contributed by atoms with Gasteiger partial charge in [-0.3, -0.25) is 4.79 Å². The quantitative estimate of drug-likeness (QED) is 0.655. The Morgan fingerprint density at radius 2 is 1.79 bits per heavy atom. The number of carbonyl (C=O) groups excluding carboxylic acids is 1. The van der Waals surface area contributed by atoms with Gasteiger partial charge in [0.05, 0.1) is 17.3 Å². The average molecular weight is 393 g/mol. The lowest BCUT2D eigenvalue weighted by Gasteiger charge is -2.39. The van der Waals surface area contributed by atoms with Gasteiger partial charge in [-0.2, -0.15) is 0 Å². The number of likely N-dealkylation sites (tertiary alicyclic amines) is 1. The number of para-hydroxylation sites is 1. The summed E-state index contributed by atoms with van der Waals surface area (Å²) >= 11 is 6.56.